The number of hydrogen-bond acceptors (Lipinski definition) is 7. The summed E-state index contributed by atoms with van der Waals surface area (Å²) in [6.45, 7) is 3.59. The molecule has 1 heterocycles. The molecule has 0 fully saturated rings. The van der Waals surface area contributed by atoms with Crippen LogP contribution in [0.3, 0.4) is 0 Å². The molecule has 180 valence electrons. The van der Waals surface area contributed by atoms with Crippen LogP contribution in [0, 0.1) is 6.92 Å². The van der Waals surface area contributed by atoms with Crippen molar-refractivity contribution >= 4 is 57.0 Å². The van der Waals surface area contributed by atoms with Crippen molar-refractivity contribution in [2.45, 2.75) is 39.5 Å². The third-order valence-electron chi connectivity index (χ3n) is 4.57. The van der Waals surface area contributed by atoms with E-state index >= 15 is 0 Å². The van der Waals surface area contributed by atoms with Crippen LogP contribution in [0.5, 0.6) is 0 Å². The van der Waals surface area contributed by atoms with Crippen molar-refractivity contribution in [3.05, 3.63) is 40.0 Å². The molecule has 0 aliphatic heterocycles. The van der Waals surface area contributed by atoms with E-state index in [1.165, 1.54) is 18.2 Å². The lowest BCUT2D eigenvalue weighted by Crippen LogP contribution is -2.19. The second-order valence-electron chi connectivity index (χ2n) is 7.21. The lowest BCUT2D eigenvalue weighted by atomic mass is 10.1. The van der Waals surface area contributed by atoms with Crippen LogP contribution in [0.2, 0.25) is 5.02 Å². The topological polar surface area (TPSA) is 182 Å². The fraction of sp³-hybridized carbons (Fsp3) is 0.350. The number of aliphatic imine (C=N–C) groups is 1. The Labute approximate surface area is 196 Å². The van der Waals surface area contributed by atoms with Gasteiger partial charge in [0.1, 0.15) is 5.82 Å². The van der Waals surface area contributed by atoms with Crippen LogP contribution >= 0.6 is 11.6 Å². The molecule has 0 bridgehead atoms. The molecule has 0 aliphatic rings. The van der Waals surface area contributed by atoms with Gasteiger partial charge in [0.2, 0.25) is 16.4 Å². The number of sulfonamides is 1. The SMILES string of the molecule is CCCCCCS(=O)(=O)Nc1ccc(Cl)c(NOC=Nc2[nH]c(C)c(C(N)=O)c2C(N)=O)c1. The first-order valence-electron chi connectivity index (χ1n) is 10.1. The lowest BCUT2D eigenvalue weighted by Gasteiger charge is -2.11. The Hall–Kier alpha value is -3.25. The molecule has 0 unspecified atom stereocenters. The minimum absolute atomic E-state index is 0.00807. The Kier molecular flexibility index (Phi) is 9.12. The zero-order valence-electron chi connectivity index (χ0n) is 18.3. The summed E-state index contributed by atoms with van der Waals surface area (Å²) in [6.07, 6.45) is 4.36. The van der Waals surface area contributed by atoms with Crippen molar-refractivity contribution in [2.24, 2.45) is 16.5 Å². The highest BCUT2D eigenvalue weighted by Gasteiger charge is 2.23. The molecule has 7 N–H and O–H groups in total. The molecule has 0 aliphatic carbocycles. The van der Waals surface area contributed by atoms with Crippen molar-refractivity contribution in [2.75, 3.05) is 16.0 Å². The first-order chi connectivity index (χ1) is 15.6. The summed E-state index contributed by atoms with van der Waals surface area (Å²) in [7, 11) is -3.50. The maximum Gasteiger partial charge on any atom is 0.253 e. The van der Waals surface area contributed by atoms with Gasteiger partial charge in [-0.05, 0) is 31.5 Å². The highest BCUT2D eigenvalue weighted by molar-refractivity contribution is 7.92. The number of primary amides is 2. The standard InChI is InChI=1S/C20H27ClN6O5S/c1-3-4-5-6-9-33(30,31)27-13-7-8-14(21)15(10-13)26-32-11-24-20-17(19(23)29)16(18(22)28)12(2)25-20/h7-8,10-11,25-27H,3-6,9H2,1-2H3,(H2,22,28)(H2,23,29). The van der Waals surface area contributed by atoms with E-state index in [9.17, 15) is 18.0 Å². The first kappa shape index (κ1) is 26.0. The van der Waals surface area contributed by atoms with Gasteiger partial charge >= 0.3 is 0 Å². The molecule has 0 spiro atoms. The fourth-order valence-electron chi connectivity index (χ4n) is 3.04. The highest BCUT2D eigenvalue weighted by atomic mass is 35.5. The number of carbonyl (C=O) groups excluding carboxylic acids is 2. The van der Waals surface area contributed by atoms with Gasteiger partial charge in [-0.25, -0.2) is 13.9 Å². The number of nitrogens with one attached hydrogen (secondary N) is 3. The van der Waals surface area contributed by atoms with E-state index in [-0.39, 0.29) is 33.4 Å². The molecule has 2 aromatic rings. The number of aromatic nitrogens is 1. The van der Waals surface area contributed by atoms with E-state index in [0.717, 1.165) is 25.7 Å². The molecule has 11 nitrogen and oxygen atoms in total. The van der Waals surface area contributed by atoms with E-state index < -0.39 is 21.8 Å². The van der Waals surface area contributed by atoms with E-state index in [0.29, 0.717) is 17.8 Å². The molecule has 33 heavy (non-hydrogen) atoms. The number of carbonyl (C=O) groups is 2. The van der Waals surface area contributed by atoms with Crippen LogP contribution in [-0.2, 0) is 14.9 Å². The van der Waals surface area contributed by atoms with Crippen molar-refractivity contribution in [1.29, 1.82) is 0 Å². The Morgan fingerprint density at radius 1 is 1.18 bits per heavy atom. The van der Waals surface area contributed by atoms with Gasteiger partial charge in [0, 0.05) is 5.69 Å². The molecule has 1 aromatic heterocycles. The smallest absolute Gasteiger partial charge is 0.253 e. The summed E-state index contributed by atoms with van der Waals surface area (Å²) in [5, 5.41) is 0.263. The third kappa shape index (κ3) is 7.39. The molecule has 0 saturated heterocycles. The fourth-order valence-corrected chi connectivity index (χ4v) is 4.37. The summed E-state index contributed by atoms with van der Waals surface area (Å²) < 4.78 is 27.0. The van der Waals surface area contributed by atoms with Crippen molar-refractivity contribution in [3.8, 4) is 0 Å². The number of anilines is 2. The molecule has 13 heteroatoms. The van der Waals surface area contributed by atoms with Gasteiger partial charge in [0.25, 0.3) is 11.8 Å². The van der Waals surface area contributed by atoms with Crippen molar-refractivity contribution in [3.63, 3.8) is 0 Å². The summed E-state index contributed by atoms with van der Waals surface area (Å²) >= 11 is 6.12. The van der Waals surface area contributed by atoms with Gasteiger partial charge in [0.15, 0.2) is 0 Å². The van der Waals surface area contributed by atoms with Gasteiger partial charge in [0.05, 0.1) is 33.3 Å². The zero-order valence-corrected chi connectivity index (χ0v) is 19.8. The number of aromatic amines is 1. The minimum Gasteiger partial charge on any atom is -0.370 e. The number of nitrogens with two attached hydrogens (primary N) is 2. The summed E-state index contributed by atoms with van der Waals surface area (Å²) in [5.41, 5.74) is 13.8. The van der Waals surface area contributed by atoms with Crippen LogP contribution in [0.4, 0.5) is 17.2 Å². The third-order valence-corrected chi connectivity index (χ3v) is 6.27. The second-order valence-corrected chi connectivity index (χ2v) is 9.46. The molecule has 1 aromatic carbocycles. The Morgan fingerprint density at radius 2 is 1.88 bits per heavy atom. The summed E-state index contributed by atoms with van der Waals surface area (Å²) in [4.78, 5) is 35.1. The van der Waals surface area contributed by atoms with Crippen LogP contribution in [-0.4, -0.2) is 37.4 Å². The van der Waals surface area contributed by atoms with E-state index in [2.05, 4.69) is 27.1 Å². The Balaban J connectivity index is 2.07. The van der Waals surface area contributed by atoms with Gasteiger partial charge in [-0.1, -0.05) is 37.8 Å². The number of benzene rings is 1. The monoisotopic (exact) mass is 498 g/mol. The zero-order chi connectivity index (χ0) is 24.6. The molecular weight excluding hydrogens is 472 g/mol. The number of hydrogen-bond donors (Lipinski definition) is 5. The van der Waals surface area contributed by atoms with E-state index in [1.807, 2.05) is 0 Å². The normalized spacial score (nSPS) is 11.5. The van der Waals surface area contributed by atoms with Crippen LogP contribution in [0.15, 0.2) is 23.2 Å². The molecule has 0 atom stereocenters. The van der Waals surface area contributed by atoms with Crippen LogP contribution in [0.1, 0.15) is 59.0 Å². The maximum atomic E-state index is 12.2. The first-order valence-corrected chi connectivity index (χ1v) is 12.1. The molecule has 0 radical (unpaired) electrons. The number of rotatable bonds is 13. The van der Waals surface area contributed by atoms with Gasteiger partial charge < -0.3 is 21.3 Å². The number of halogens is 1. The molecule has 0 saturated carbocycles. The quantitative estimate of drug-likeness (QED) is 0.122. The van der Waals surface area contributed by atoms with Gasteiger partial charge in [-0.15, -0.1) is 0 Å². The summed E-state index contributed by atoms with van der Waals surface area (Å²) in [5.74, 6) is -1.70. The predicted octanol–water partition coefficient (Wildman–Crippen LogP) is 3.20. The Morgan fingerprint density at radius 3 is 2.52 bits per heavy atom. The van der Waals surface area contributed by atoms with E-state index in [4.69, 9.17) is 27.9 Å². The molecule has 2 amide bonds. The molecular formula is C20H27ClN6O5S. The minimum atomic E-state index is -3.50. The predicted molar refractivity (Wildman–Crippen MR) is 128 cm³/mol. The van der Waals surface area contributed by atoms with Crippen LogP contribution in [0.25, 0.3) is 0 Å². The van der Waals surface area contributed by atoms with Crippen molar-refractivity contribution < 1.29 is 22.8 Å². The van der Waals surface area contributed by atoms with Gasteiger partial charge in [-0.2, -0.15) is 4.99 Å². The average Bonchev–Trinajstić information content (AvgIpc) is 3.07. The van der Waals surface area contributed by atoms with Crippen LogP contribution < -0.4 is 21.7 Å². The number of H-pyrrole nitrogens is 1. The number of aryl methyl sites for hydroxylation is 1. The number of nitrogens with zero attached hydrogens (tertiary/aromatic N) is 1. The Bertz CT molecular complexity index is 1150. The molecule has 2 rings (SSSR count). The largest absolute Gasteiger partial charge is 0.370 e. The lowest BCUT2D eigenvalue weighted by molar-refractivity contribution is 0.0968. The highest BCUT2D eigenvalue weighted by Crippen LogP contribution is 2.27. The van der Waals surface area contributed by atoms with Gasteiger partial charge in [-0.3, -0.25) is 14.3 Å². The second kappa shape index (κ2) is 11.6. The van der Waals surface area contributed by atoms with Crippen molar-refractivity contribution in [1.82, 2.24) is 4.98 Å². The number of unbranched alkanes of at least 4 members (excludes halogenated alkanes) is 3. The van der Waals surface area contributed by atoms with E-state index in [1.54, 1.807) is 6.92 Å². The average molecular weight is 499 g/mol. The summed E-state index contributed by atoms with van der Waals surface area (Å²) in [6, 6.07) is 4.48. The maximum absolute atomic E-state index is 12.2. The number of amides is 2.